The van der Waals surface area contributed by atoms with E-state index in [1.807, 2.05) is 255 Å². The second kappa shape index (κ2) is 42.3. The lowest BCUT2D eigenvalue weighted by Crippen LogP contribution is -2.11. The molecule has 0 heterocycles. The Kier molecular flexibility index (Phi) is 30.1. The lowest BCUT2D eigenvalue weighted by atomic mass is 9.90. The Hall–Kier alpha value is -11.7. The Morgan fingerprint density at radius 3 is 0.530 bits per heavy atom. The molecule has 0 aromatic heterocycles. The molecule has 1 aliphatic rings. The van der Waals surface area contributed by atoms with E-state index < -0.39 is 0 Å². The zero-order valence-corrected chi connectivity index (χ0v) is 69.3. The van der Waals surface area contributed by atoms with Crippen molar-refractivity contribution in [3.05, 3.63) is 355 Å². The maximum absolute atomic E-state index is 12.8. The van der Waals surface area contributed by atoms with Crippen LogP contribution < -0.4 is 56.8 Å². The number of fused-ring (bicyclic) bond motifs is 12. The van der Waals surface area contributed by atoms with Gasteiger partial charge in [0, 0.05) is 143 Å². The summed E-state index contributed by atoms with van der Waals surface area (Å²) in [7, 11) is 5.07. The fourth-order valence-corrected chi connectivity index (χ4v) is 15.8. The van der Waals surface area contributed by atoms with Gasteiger partial charge < -0.3 is 56.8 Å². The molecule has 15 nitrogen and oxygen atoms in total. The number of thioether (sulfide) groups is 3. The zero-order chi connectivity index (χ0) is 81.1. The molecule has 12 aromatic rings. The lowest BCUT2D eigenvalue weighted by molar-refractivity contribution is -0.109. The second-order valence-corrected chi connectivity index (χ2v) is 32.1. The van der Waals surface area contributed by atoms with Crippen LogP contribution in [0.5, 0.6) is 69.0 Å². The summed E-state index contributed by atoms with van der Waals surface area (Å²) < 4.78 is 83.6. The largest absolute Gasteiger partial charge is 0.496 e. The molecule has 0 radical (unpaired) electrons. The van der Waals surface area contributed by atoms with E-state index in [0.717, 1.165) is 100 Å². The van der Waals surface area contributed by atoms with Crippen molar-refractivity contribution in [3.63, 3.8) is 0 Å². The van der Waals surface area contributed by atoms with Crippen molar-refractivity contribution in [1.82, 2.24) is 0 Å². The van der Waals surface area contributed by atoms with Crippen LogP contribution in [0.15, 0.2) is 255 Å². The number of carbonyl (C=O) groups excluding carboxylic acids is 3. The van der Waals surface area contributed by atoms with Gasteiger partial charge in [0.05, 0.1) is 41.2 Å². The number of carbonyl (C=O) groups is 3. The van der Waals surface area contributed by atoms with E-state index >= 15 is 0 Å². The molecule has 0 saturated carbocycles. The van der Waals surface area contributed by atoms with Gasteiger partial charge in [-0.3, -0.25) is 14.4 Å². The summed E-state index contributed by atoms with van der Waals surface area (Å²) >= 11 is 3.58. The lowest BCUT2D eigenvalue weighted by Gasteiger charge is -2.24. The first-order valence-corrected chi connectivity index (χ1v) is 42.1. The highest BCUT2D eigenvalue weighted by Crippen LogP contribution is 2.46. The minimum Gasteiger partial charge on any atom is -0.496 e. The Morgan fingerprint density at radius 1 is 0.231 bits per heavy atom. The summed E-state index contributed by atoms with van der Waals surface area (Å²) in [6.07, 6.45) is 1.37. The first kappa shape index (κ1) is 83.3. The SMILES string of the molecule is COc1c2cc(OCc3ccccc3)cc1Cc1cc(OCc3ccccc3)cc(c1OCCSC(C)=O)Cc1cc(OCc3ccccc3)cc(c1OC)Cc1cc(OCc3ccccc3)cc(c1OCCSC(C)=O)Cc1cc(OCc3ccccc3)cc(c1OC)Cc1cc(OCc3ccccc3)cc(c1OCCSC(C)=O)C2. The van der Waals surface area contributed by atoms with E-state index in [-0.39, 0.29) is 113 Å². The molecule has 0 spiro atoms. The molecule has 0 unspecified atom stereocenters. The minimum absolute atomic E-state index is 0.0326. The molecule has 0 saturated heterocycles. The average Bonchev–Trinajstić information content (AvgIpc) is 0.779. The highest BCUT2D eigenvalue weighted by atomic mass is 32.2. The predicted octanol–water partition coefficient (Wildman–Crippen LogP) is 21.0. The summed E-state index contributed by atoms with van der Waals surface area (Å²) in [6.45, 7) is 6.75. The van der Waals surface area contributed by atoms with Crippen LogP contribution in [0.4, 0.5) is 0 Å². The van der Waals surface area contributed by atoms with Crippen molar-refractivity contribution in [2.75, 3.05) is 58.4 Å². The summed E-state index contributed by atoms with van der Waals surface area (Å²) in [4.78, 5) is 38.3. The second-order valence-electron chi connectivity index (χ2n) is 28.3. The molecule has 0 amide bonds. The summed E-state index contributed by atoms with van der Waals surface area (Å²) in [6, 6.07) is 84.8. The summed E-state index contributed by atoms with van der Waals surface area (Å²) in [5.41, 5.74) is 15.0. The van der Waals surface area contributed by atoms with Gasteiger partial charge in [-0.05, 0) is 106 Å². The van der Waals surface area contributed by atoms with E-state index in [0.29, 0.717) is 86.3 Å². The van der Waals surface area contributed by atoms with Gasteiger partial charge in [-0.2, -0.15) is 0 Å². The van der Waals surface area contributed by atoms with E-state index in [1.54, 1.807) is 42.1 Å². The molecule has 12 aromatic carbocycles. The molecule has 13 rings (SSSR count). The molecule has 1 aliphatic carbocycles. The van der Waals surface area contributed by atoms with Crippen LogP contribution in [0.2, 0.25) is 0 Å². The molecule has 117 heavy (non-hydrogen) atoms. The predicted molar refractivity (Wildman–Crippen MR) is 466 cm³/mol. The van der Waals surface area contributed by atoms with Crippen LogP contribution in [0.3, 0.4) is 0 Å². The fourth-order valence-electron chi connectivity index (χ4n) is 14.4. The molecule has 18 heteroatoms. The first-order valence-electron chi connectivity index (χ1n) is 39.1. The highest BCUT2D eigenvalue weighted by molar-refractivity contribution is 8.14. The number of hydrogen-bond acceptors (Lipinski definition) is 18. The highest BCUT2D eigenvalue weighted by Gasteiger charge is 2.28. The molecule has 0 aliphatic heterocycles. The van der Waals surface area contributed by atoms with Gasteiger partial charge in [-0.25, -0.2) is 0 Å². The Bertz CT molecular complexity index is 4640. The molecular weight excluding hydrogens is 1530 g/mol. The standard InChI is InChI=1S/C99H96O15S3/c1-67(100)115-40-37-106-97-82-43-76-49-88(109-61-70-25-13-7-14-26-70)51-78(94(76)103-4)45-84-57-92(113-65-74-33-21-11-22-34-74)59-86(98(84)107-38-41-116-68(2)101)47-80-53-90(111-63-72-29-17-9-18-30-72)54-81(96(80)105-6)48-87-60-93(114-66-75-35-23-12-24-36-75)58-85(99(87)108-39-42-117-69(3)102)46-79-52-89(110-62-71-27-15-8-16-28-71)50-77(95(79)104-5)44-83(97)56-91(55-82)112-64-73-31-19-10-20-32-73/h7-36,49-60H,37-48,61-66H2,1-6H3. The molecule has 600 valence electrons. The quantitative estimate of drug-likeness (QED) is 0.0357. The van der Waals surface area contributed by atoms with Crippen LogP contribution in [-0.2, 0) is 92.5 Å². The number of benzene rings is 12. The summed E-state index contributed by atoms with van der Waals surface area (Å²) in [5, 5.41) is -0.0979. The van der Waals surface area contributed by atoms with Gasteiger partial charge in [0.2, 0.25) is 0 Å². The molecule has 12 bridgehead atoms. The Balaban J connectivity index is 1.10. The minimum atomic E-state index is -0.0326. The third-order valence-corrected chi connectivity index (χ3v) is 21.9. The molecule has 0 N–H and O–H groups in total. The molecule has 0 atom stereocenters. The van der Waals surface area contributed by atoms with Gasteiger partial charge >= 0.3 is 0 Å². The van der Waals surface area contributed by atoms with Gasteiger partial charge in [0.1, 0.15) is 109 Å². The summed E-state index contributed by atoms with van der Waals surface area (Å²) in [5.74, 6) is 8.07. The number of ether oxygens (including phenoxy) is 12. The van der Waals surface area contributed by atoms with Crippen LogP contribution >= 0.6 is 35.3 Å². The first-order chi connectivity index (χ1) is 57.3. The average molecular weight is 1620 g/mol. The van der Waals surface area contributed by atoms with Crippen LogP contribution in [0.25, 0.3) is 0 Å². The normalized spacial score (nSPS) is 11.7. The van der Waals surface area contributed by atoms with Gasteiger partial charge in [0.15, 0.2) is 15.3 Å². The van der Waals surface area contributed by atoms with Gasteiger partial charge in [-0.1, -0.05) is 217 Å². The molecular formula is C99H96O15S3. The topological polar surface area (TPSA) is 162 Å². The van der Waals surface area contributed by atoms with Crippen molar-refractivity contribution in [2.24, 2.45) is 0 Å². The number of hydrogen-bond donors (Lipinski definition) is 0. The number of methoxy groups -OCH3 is 3. The monoisotopic (exact) mass is 1620 g/mol. The third-order valence-electron chi connectivity index (χ3n) is 19.6. The fraction of sp³-hybridized carbons (Fsp3) is 0.242. The van der Waals surface area contributed by atoms with Crippen LogP contribution in [0, 0.1) is 0 Å². The van der Waals surface area contributed by atoms with E-state index in [2.05, 4.69) is 0 Å². The van der Waals surface area contributed by atoms with Crippen molar-refractivity contribution < 1.29 is 71.2 Å². The van der Waals surface area contributed by atoms with Crippen molar-refractivity contribution >= 4 is 50.6 Å². The van der Waals surface area contributed by atoms with Crippen LogP contribution in [-0.4, -0.2) is 73.8 Å². The van der Waals surface area contributed by atoms with Gasteiger partial charge in [0.25, 0.3) is 0 Å². The number of rotatable bonds is 33. The Morgan fingerprint density at radius 2 is 0.385 bits per heavy atom. The van der Waals surface area contributed by atoms with E-state index in [4.69, 9.17) is 56.8 Å². The van der Waals surface area contributed by atoms with Crippen LogP contribution in [0.1, 0.15) is 121 Å². The molecule has 0 fully saturated rings. The van der Waals surface area contributed by atoms with E-state index in [9.17, 15) is 14.4 Å². The maximum atomic E-state index is 12.8. The smallest absolute Gasteiger partial charge is 0.185 e. The van der Waals surface area contributed by atoms with E-state index in [1.165, 1.54) is 35.3 Å². The van der Waals surface area contributed by atoms with Crippen molar-refractivity contribution in [3.8, 4) is 69.0 Å². The van der Waals surface area contributed by atoms with Crippen molar-refractivity contribution in [1.29, 1.82) is 0 Å². The Labute approximate surface area is 698 Å². The maximum Gasteiger partial charge on any atom is 0.185 e. The van der Waals surface area contributed by atoms with Crippen molar-refractivity contribution in [2.45, 2.75) is 98.9 Å². The third kappa shape index (κ3) is 24.0. The zero-order valence-electron chi connectivity index (χ0n) is 66.8. The van der Waals surface area contributed by atoms with Gasteiger partial charge in [-0.15, -0.1) is 0 Å².